The quantitative estimate of drug-likeness (QED) is 0.711. The van der Waals surface area contributed by atoms with Crippen LogP contribution in [-0.4, -0.2) is 22.8 Å². The van der Waals surface area contributed by atoms with E-state index in [9.17, 15) is 4.79 Å². The second kappa shape index (κ2) is 7.27. The van der Waals surface area contributed by atoms with Crippen molar-refractivity contribution in [1.82, 2.24) is 10.3 Å². The summed E-state index contributed by atoms with van der Waals surface area (Å²) in [6.45, 7) is 2.34. The van der Waals surface area contributed by atoms with Crippen LogP contribution in [0.25, 0.3) is 11.3 Å². The summed E-state index contributed by atoms with van der Waals surface area (Å²) in [7, 11) is 0. The van der Waals surface area contributed by atoms with Gasteiger partial charge in [0, 0.05) is 10.0 Å². The topological polar surface area (TPSA) is 77.2 Å². The number of carbonyl (C=O) groups is 1. The van der Waals surface area contributed by atoms with E-state index < -0.39 is 0 Å². The van der Waals surface area contributed by atoms with Crippen molar-refractivity contribution < 1.29 is 14.2 Å². The number of benzene rings is 2. The lowest BCUT2D eigenvalue weighted by molar-refractivity contribution is 0.102. The van der Waals surface area contributed by atoms with Crippen molar-refractivity contribution in [2.75, 3.05) is 11.9 Å². The highest BCUT2D eigenvalue weighted by molar-refractivity contribution is 9.10. The molecule has 122 valence electrons. The fourth-order valence-electron chi connectivity index (χ4n) is 2.18. The van der Waals surface area contributed by atoms with Gasteiger partial charge in [-0.3, -0.25) is 4.79 Å². The van der Waals surface area contributed by atoms with Gasteiger partial charge >= 0.3 is 0 Å². The van der Waals surface area contributed by atoms with E-state index in [1.165, 1.54) is 0 Å². The van der Waals surface area contributed by atoms with Crippen LogP contribution in [-0.2, 0) is 0 Å². The van der Waals surface area contributed by atoms with Gasteiger partial charge in [0.15, 0.2) is 5.69 Å². The largest absolute Gasteiger partial charge is 0.493 e. The third-order valence-corrected chi connectivity index (χ3v) is 3.80. The number of halogens is 1. The van der Waals surface area contributed by atoms with E-state index in [1.54, 1.807) is 18.2 Å². The van der Waals surface area contributed by atoms with Gasteiger partial charge < -0.3 is 10.1 Å². The van der Waals surface area contributed by atoms with Crippen LogP contribution in [0.1, 0.15) is 17.3 Å². The monoisotopic (exact) mass is 387 g/mol. The molecule has 2 aromatic carbocycles. The molecule has 0 saturated heterocycles. The van der Waals surface area contributed by atoms with Crippen molar-refractivity contribution >= 4 is 27.7 Å². The van der Waals surface area contributed by atoms with E-state index in [4.69, 9.17) is 9.37 Å². The van der Waals surface area contributed by atoms with Gasteiger partial charge in [0.2, 0.25) is 5.82 Å². The minimum absolute atomic E-state index is 0.258. The van der Waals surface area contributed by atoms with Gasteiger partial charge in [-0.2, -0.15) is 0 Å². The van der Waals surface area contributed by atoms with E-state index in [1.807, 2.05) is 37.3 Å². The van der Waals surface area contributed by atoms with Crippen molar-refractivity contribution in [3.8, 4) is 17.0 Å². The van der Waals surface area contributed by atoms with Crippen LogP contribution >= 0.6 is 15.9 Å². The lowest BCUT2D eigenvalue weighted by atomic mass is 10.1. The molecule has 1 aromatic heterocycles. The highest BCUT2D eigenvalue weighted by Crippen LogP contribution is 2.27. The Bertz CT molecular complexity index is 846. The molecule has 0 aliphatic rings. The molecule has 0 fully saturated rings. The highest BCUT2D eigenvalue weighted by atomic mass is 79.9. The average Bonchev–Trinajstić information content (AvgIpc) is 3.04. The Morgan fingerprint density at radius 3 is 2.67 bits per heavy atom. The van der Waals surface area contributed by atoms with Crippen molar-refractivity contribution in [3.63, 3.8) is 0 Å². The Hall–Kier alpha value is -2.67. The first-order chi connectivity index (χ1) is 11.7. The first kappa shape index (κ1) is 16.2. The predicted octanol–water partition coefficient (Wildman–Crippen LogP) is 4.15. The molecule has 1 heterocycles. The Balaban J connectivity index is 1.86. The molecule has 3 rings (SSSR count). The summed E-state index contributed by atoms with van der Waals surface area (Å²) < 4.78 is 11.2. The summed E-state index contributed by atoms with van der Waals surface area (Å²) in [6.07, 6.45) is 0. The molecule has 0 aliphatic carbocycles. The molecule has 0 bridgehead atoms. The Morgan fingerprint density at radius 2 is 1.92 bits per heavy atom. The summed E-state index contributed by atoms with van der Waals surface area (Å²) >= 11 is 3.38. The fourth-order valence-corrected chi connectivity index (χ4v) is 2.44. The molecule has 3 aromatic rings. The molecular formula is C17H14BrN3O3. The van der Waals surface area contributed by atoms with E-state index in [0.717, 1.165) is 10.0 Å². The highest BCUT2D eigenvalue weighted by Gasteiger charge is 2.18. The maximum atomic E-state index is 12.5. The van der Waals surface area contributed by atoms with Gasteiger partial charge in [-0.1, -0.05) is 40.2 Å². The standard InChI is InChI=1S/C17H14BrN3O3/c1-2-23-14-6-4-3-5-13(14)17(22)19-16-15(20-24-21-16)11-7-9-12(18)10-8-11/h3-10H,2H2,1H3,(H,19,21,22). The van der Waals surface area contributed by atoms with Gasteiger partial charge in [-0.15, -0.1) is 0 Å². The van der Waals surface area contributed by atoms with E-state index in [0.29, 0.717) is 23.6 Å². The van der Waals surface area contributed by atoms with Gasteiger partial charge in [-0.25, -0.2) is 4.63 Å². The maximum Gasteiger partial charge on any atom is 0.260 e. The number of carbonyl (C=O) groups excluding carboxylic acids is 1. The zero-order chi connectivity index (χ0) is 16.9. The van der Waals surface area contributed by atoms with Crippen molar-refractivity contribution in [2.45, 2.75) is 6.92 Å². The molecule has 1 N–H and O–H groups in total. The molecule has 0 aliphatic heterocycles. The SMILES string of the molecule is CCOc1ccccc1C(=O)Nc1nonc1-c1ccc(Br)cc1. The summed E-state index contributed by atoms with van der Waals surface area (Å²) in [4.78, 5) is 12.5. The molecule has 0 atom stereocenters. The molecule has 6 nitrogen and oxygen atoms in total. The number of rotatable bonds is 5. The van der Waals surface area contributed by atoms with Gasteiger partial charge in [0.25, 0.3) is 5.91 Å². The number of nitrogens with one attached hydrogen (secondary N) is 1. The molecule has 7 heteroatoms. The lowest BCUT2D eigenvalue weighted by Gasteiger charge is -2.09. The number of para-hydroxylation sites is 1. The van der Waals surface area contributed by atoms with Crippen LogP contribution in [0, 0.1) is 0 Å². The van der Waals surface area contributed by atoms with Crippen LogP contribution in [0.4, 0.5) is 5.82 Å². The Kier molecular flexibility index (Phi) is 4.90. The van der Waals surface area contributed by atoms with Crippen LogP contribution in [0.2, 0.25) is 0 Å². The van der Waals surface area contributed by atoms with Crippen LogP contribution in [0.15, 0.2) is 57.6 Å². The van der Waals surface area contributed by atoms with Crippen LogP contribution < -0.4 is 10.1 Å². The summed E-state index contributed by atoms with van der Waals surface area (Å²) in [5, 5.41) is 10.4. The first-order valence-corrected chi connectivity index (χ1v) is 8.10. The smallest absolute Gasteiger partial charge is 0.260 e. The van der Waals surface area contributed by atoms with Gasteiger partial charge in [0.1, 0.15) is 5.75 Å². The minimum Gasteiger partial charge on any atom is -0.493 e. The van der Waals surface area contributed by atoms with E-state index in [2.05, 4.69) is 31.6 Å². The number of amides is 1. The van der Waals surface area contributed by atoms with Crippen LogP contribution in [0.3, 0.4) is 0 Å². The Labute approximate surface area is 146 Å². The predicted molar refractivity (Wildman–Crippen MR) is 93.0 cm³/mol. The number of nitrogens with zero attached hydrogens (tertiary/aromatic N) is 2. The second-order valence-electron chi connectivity index (χ2n) is 4.85. The number of hydrogen-bond acceptors (Lipinski definition) is 5. The zero-order valence-electron chi connectivity index (χ0n) is 12.8. The molecule has 0 unspecified atom stereocenters. The maximum absolute atomic E-state index is 12.5. The summed E-state index contributed by atoms with van der Waals surface area (Å²) in [5.41, 5.74) is 1.67. The zero-order valence-corrected chi connectivity index (χ0v) is 14.4. The van der Waals surface area contributed by atoms with Crippen molar-refractivity contribution in [2.24, 2.45) is 0 Å². The summed E-state index contributed by atoms with van der Waals surface area (Å²) in [6, 6.07) is 14.5. The fraction of sp³-hybridized carbons (Fsp3) is 0.118. The lowest BCUT2D eigenvalue weighted by Crippen LogP contribution is -2.14. The third kappa shape index (κ3) is 3.46. The minimum atomic E-state index is -0.340. The van der Waals surface area contributed by atoms with Gasteiger partial charge in [-0.05, 0) is 41.5 Å². The van der Waals surface area contributed by atoms with E-state index in [-0.39, 0.29) is 11.7 Å². The normalized spacial score (nSPS) is 10.4. The number of anilines is 1. The number of ether oxygens (including phenoxy) is 1. The molecule has 0 radical (unpaired) electrons. The number of aromatic nitrogens is 2. The Morgan fingerprint density at radius 1 is 1.17 bits per heavy atom. The third-order valence-electron chi connectivity index (χ3n) is 3.27. The molecule has 0 saturated carbocycles. The molecule has 1 amide bonds. The van der Waals surface area contributed by atoms with Crippen molar-refractivity contribution in [1.29, 1.82) is 0 Å². The van der Waals surface area contributed by atoms with E-state index >= 15 is 0 Å². The molecule has 24 heavy (non-hydrogen) atoms. The van der Waals surface area contributed by atoms with Crippen LogP contribution in [0.5, 0.6) is 5.75 Å². The average molecular weight is 388 g/mol. The van der Waals surface area contributed by atoms with Crippen molar-refractivity contribution in [3.05, 3.63) is 58.6 Å². The first-order valence-electron chi connectivity index (χ1n) is 7.30. The summed E-state index contributed by atoms with van der Waals surface area (Å²) in [5.74, 6) is 0.431. The van der Waals surface area contributed by atoms with Gasteiger partial charge in [0.05, 0.1) is 12.2 Å². The number of hydrogen-bond donors (Lipinski definition) is 1. The molecule has 0 spiro atoms. The second-order valence-corrected chi connectivity index (χ2v) is 5.77. The molecular weight excluding hydrogens is 374 g/mol.